The van der Waals surface area contributed by atoms with Crippen LogP contribution < -0.4 is 0 Å². The quantitative estimate of drug-likeness (QED) is 0.553. The Morgan fingerprint density at radius 3 is 1.88 bits per heavy atom. The van der Waals surface area contributed by atoms with Crippen molar-refractivity contribution in [3.63, 3.8) is 0 Å². The van der Waals surface area contributed by atoms with Gasteiger partial charge in [0.05, 0.1) is 0 Å². The van der Waals surface area contributed by atoms with Crippen LogP contribution in [0.25, 0.3) is 0 Å². The van der Waals surface area contributed by atoms with Crippen molar-refractivity contribution in [2.75, 3.05) is 26.3 Å². The maximum absolute atomic E-state index is 5.68. The predicted molar refractivity (Wildman–Crippen MR) is 72.2 cm³/mol. The average Bonchev–Trinajstić information content (AvgIpc) is 2.28. The molecule has 1 unspecified atom stereocenters. The first kappa shape index (κ1) is 16.1. The molecule has 0 aliphatic rings. The van der Waals surface area contributed by atoms with Crippen LogP contribution in [-0.2, 0) is 8.85 Å². The molecular formula is C12H29NO2Si. The first-order valence-electron chi connectivity index (χ1n) is 6.66. The second kappa shape index (κ2) is 10.3. The van der Waals surface area contributed by atoms with Crippen LogP contribution >= 0.6 is 0 Å². The smallest absolute Gasteiger partial charge is 0.321 e. The third-order valence-corrected chi connectivity index (χ3v) is 5.18. The molecule has 0 radical (unpaired) electrons. The lowest BCUT2D eigenvalue weighted by Gasteiger charge is -2.27. The van der Waals surface area contributed by atoms with E-state index in [2.05, 4.69) is 25.7 Å². The largest absolute Gasteiger partial charge is 0.397 e. The molecule has 4 heteroatoms. The molecule has 0 saturated carbocycles. The fourth-order valence-electron chi connectivity index (χ4n) is 1.99. The molecule has 0 aromatic rings. The van der Waals surface area contributed by atoms with Crippen molar-refractivity contribution in [1.82, 2.24) is 4.90 Å². The van der Waals surface area contributed by atoms with Gasteiger partial charge in [-0.15, -0.1) is 0 Å². The van der Waals surface area contributed by atoms with E-state index in [0.717, 1.165) is 32.3 Å². The second-order valence-corrected chi connectivity index (χ2v) is 6.09. The van der Waals surface area contributed by atoms with Gasteiger partial charge in [-0.25, -0.2) is 0 Å². The number of hydrogen-bond acceptors (Lipinski definition) is 3. The van der Waals surface area contributed by atoms with Gasteiger partial charge in [0.1, 0.15) is 0 Å². The van der Waals surface area contributed by atoms with Gasteiger partial charge >= 0.3 is 9.28 Å². The van der Waals surface area contributed by atoms with Gasteiger partial charge in [-0.05, 0) is 46.3 Å². The highest BCUT2D eigenvalue weighted by Gasteiger charge is 2.16. The number of nitrogens with zero attached hydrogens (tertiary/aromatic N) is 1. The maximum atomic E-state index is 5.68. The summed E-state index contributed by atoms with van der Waals surface area (Å²) in [5.41, 5.74) is 0. The van der Waals surface area contributed by atoms with E-state index >= 15 is 0 Å². The molecule has 0 aliphatic heterocycles. The van der Waals surface area contributed by atoms with Crippen LogP contribution in [0.15, 0.2) is 0 Å². The van der Waals surface area contributed by atoms with Crippen LogP contribution in [0.3, 0.4) is 0 Å². The zero-order valence-electron chi connectivity index (χ0n) is 11.7. The number of rotatable bonds is 10. The monoisotopic (exact) mass is 247 g/mol. The Labute approximate surface area is 103 Å². The molecule has 0 heterocycles. The van der Waals surface area contributed by atoms with Crippen LogP contribution in [-0.4, -0.2) is 46.5 Å². The molecule has 0 saturated heterocycles. The van der Waals surface area contributed by atoms with Crippen molar-refractivity contribution in [2.45, 2.75) is 53.1 Å². The topological polar surface area (TPSA) is 21.7 Å². The van der Waals surface area contributed by atoms with Gasteiger partial charge in [0.2, 0.25) is 0 Å². The highest BCUT2D eigenvalue weighted by Crippen LogP contribution is 2.10. The summed E-state index contributed by atoms with van der Waals surface area (Å²) in [6.07, 6.45) is 1.19. The summed E-state index contributed by atoms with van der Waals surface area (Å²) in [6, 6.07) is 1.77. The lowest BCUT2D eigenvalue weighted by molar-refractivity contribution is 0.197. The third-order valence-electron chi connectivity index (χ3n) is 2.96. The molecule has 0 spiro atoms. The molecule has 0 fully saturated rings. The summed E-state index contributed by atoms with van der Waals surface area (Å²) >= 11 is 0. The van der Waals surface area contributed by atoms with Crippen LogP contribution in [0.1, 0.15) is 41.0 Å². The normalized spacial score (nSPS) is 13.7. The summed E-state index contributed by atoms with van der Waals surface area (Å²) in [4.78, 5) is 2.49. The minimum absolute atomic E-state index is 0.644. The minimum atomic E-state index is -1.38. The van der Waals surface area contributed by atoms with Crippen molar-refractivity contribution < 1.29 is 8.85 Å². The summed E-state index contributed by atoms with van der Waals surface area (Å²) in [5.74, 6) is 0. The number of hydrogen-bond donors (Lipinski definition) is 0. The van der Waals surface area contributed by atoms with E-state index in [-0.39, 0.29) is 0 Å². The van der Waals surface area contributed by atoms with E-state index in [1.165, 1.54) is 6.42 Å². The Morgan fingerprint density at radius 2 is 1.50 bits per heavy atom. The molecule has 0 rings (SSSR count). The van der Waals surface area contributed by atoms with Crippen molar-refractivity contribution in [2.24, 2.45) is 0 Å². The third kappa shape index (κ3) is 6.63. The van der Waals surface area contributed by atoms with Crippen LogP contribution in [0.4, 0.5) is 0 Å². The van der Waals surface area contributed by atoms with E-state index in [1.54, 1.807) is 0 Å². The zero-order valence-corrected chi connectivity index (χ0v) is 12.8. The molecule has 0 aromatic carbocycles. The van der Waals surface area contributed by atoms with E-state index in [1.807, 2.05) is 13.8 Å². The Morgan fingerprint density at radius 1 is 1.00 bits per heavy atom. The van der Waals surface area contributed by atoms with Gasteiger partial charge in [-0.1, -0.05) is 13.8 Å². The summed E-state index contributed by atoms with van der Waals surface area (Å²) in [6.45, 7) is 14.7. The Kier molecular flexibility index (Phi) is 10.3. The molecule has 0 amide bonds. The molecule has 0 aliphatic carbocycles. The second-order valence-electron chi connectivity index (χ2n) is 3.99. The van der Waals surface area contributed by atoms with E-state index in [9.17, 15) is 0 Å². The molecule has 0 aromatic heterocycles. The van der Waals surface area contributed by atoms with Gasteiger partial charge in [-0.2, -0.15) is 0 Å². The Balaban J connectivity index is 3.88. The zero-order chi connectivity index (χ0) is 12.4. The Bertz CT molecular complexity index is 146. The van der Waals surface area contributed by atoms with Crippen molar-refractivity contribution in [3.8, 4) is 0 Å². The van der Waals surface area contributed by atoms with Gasteiger partial charge in [0.25, 0.3) is 0 Å². The molecule has 0 bridgehead atoms. The summed E-state index contributed by atoms with van der Waals surface area (Å²) in [5, 5.41) is 0. The van der Waals surface area contributed by atoms with Crippen molar-refractivity contribution >= 4 is 9.28 Å². The lowest BCUT2D eigenvalue weighted by atomic mass is 10.2. The van der Waals surface area contributed by atoms with E-state index in [4.69, 9.17) is 8.85 Å². The Hall–Kier alpha value is 0.0969. The van der Waals surface area contributed by atoms with Gasteiger partial charge in [-0.3, -0.25) is 0 Å². The maximum Gasteiger partial charge on any atom is 0.321 e. The van der Waals surface area contributed by atoms with E-state index in [0.29, 0.717) is 6.04 Å². The minimum Gasteiger partial charge on any atom is -0.397 e. The molecule has 0 N–H and O–H groups in total. The molecular weight excluding hydrogens is 218 g/mol. The van der Waals surface area contributed by atoms with Gasteiger partial charge < -0.3 is 13.8 Å². The van der Waals surface area contributed by atoms with Gasteiger partial charge in [0.15, 0.2) is 0 Å². The fraction of sp³-hybridized carbons (Fsp3) is 1.00. The van der Waals surface area contributed by atoms with E-state index < -0.39 is 9.28 Å². The first-order valence-corrected chi connectivity index (χ1v) is 8.42. The van der Waals surface area contributed by atoms with Crippen LogP contribution in [0.5, 0.6) is 0 Å². The highest BCUT2D eigenvalue weighted by atomic mass is 28.3. The average molecular weight is 247 g/mol. The highest BCUT2D eigenvalue weighted by molar-refractivity contribution is 6.44. The molecule has 16 heavy (non-hydrogen) atoms. The molecule has 98 valence electrons. The summed E-state index contributed by atoms with van der Waals surface area (Å²) in [7, 11) is -1.38. The van der Waals surface area contributed by atoms with Crippen LogP contribution in [0, 0.1) is 0 Å². The van der Waals surface area contributed by atoms with Gasteiger partial charge in [0, 0.05) is 19.3 Å². The molecule has 1 atom stereocenters. The van der Waals surface area contributed by atoms with Crippen molar-refractivity contribution in [3.05, 3.63) is 0 Å². The lowest BCUT2D eigenvalue weighted by Crippen LogP contribution is -2.34. The SMILES string of the molecule is CCO[SiH](CCC(C)N(CC)CC)OCC. The summed E-state index contributed by atoms with van der Waals surface area (Å²) < 4.78 is 11.4. The van der Waals surface area contributed by atoms with Crippen LogP contribution in [0.2, 0.25) is 6.04 Å². The van der Waals surface area contributed by atoms with Crippen molar-refractivity contribution in [1.29, 1.82) is 0 Å². The standard InChI is InChI=1S/C12H29NO2Si/c1-6-13(7-2)12(5)10-11-16(14-8-3)15-9-4/h12,16H,6-11H2,1-5H3. The first-order chi connectivity index (χ1) is 7.69. The fourth-order valence-corrected chi connectivity index (χ4v) is 3.92. The molecule has 3 nitrogen and oxygen atoms in total. The predicted octanol–water partition coefficient (Wildman–Crippen LogP) is 2.40.